The van der Waals surface area contributed by atoms with Crippen molar-refractivity contribution in [3.05, 3.63) is 76.7 Å². The molecule has 106 valence electrons. The van der Waals surface area contributed by atoms with Crippen molar-refractivity contribution in [3.63, 3.8) is 0 Å². The summed E-state index contributed by atoms with van der Waals surface area (Å²) in [4.78, 5) is 0. The maximum absolute atomic E-state index is 8.78. The van der Waals surface area contributed by atoms with E-state index in [1.807, 2.05) is 42.5 Å². The first-order chi connectivity index (χ1) is 10.3. The van der Waals surface area contributed by atoms with Crippen LogP contribution in [0.1, 0.15) is 16.7 Å². The molecule has 0 bridgehead atoms. The van der Waals surface area contributed by atoms with Crippen LogP contribution < -0.4 is 0 Å². The van der Waals surface area contributed by atoms with Crippen LogP contribution in [-0.2, 0) is 10.5 Å². The Balaban J connectivity index is 2.01. The van der Waals surface area contributed by atoms with Gasteiger partial charge in [0.25, 0.3) is 0 Å². The van der Waals surface area contributed by atoms with Gasteiger partial charge in [-0.05, 0) is 34.2 Å². The standard InChI is InChI=1S/C18H17NOS/c1-20-12-18(17-5-3-2-4-6-17)14-21-13-16-9-7-15(11-19)8-10-16/h2-10,14H,12-13H2,1H3/b18-14+. The second-order valence-corrected chi connectivity index (χ2v) is 5.42. The lowest BCUT2D eigenvalue weighted by atomic mass is 10.1. The van der Waals surface area contributed by atoms with Gasteiger partial charge in [0.1, 0.15) is 0 Å². The van der Waals surface area contributed by atoms with Crippen LogP contribution in [0, 0.1) is 11.3 Å². The molecule has 0 N–H and O–H groups in total. The molecule has 0 aliphatic heterocycles. The number of ether oxygens (including phenoxy) is 1. The number of nitrogens with zero attached hydrogens (tertiary/aromatic N) is 1. The molecule has 0 saturated heterocycles. The lowest BCUT2D eigenvalue weighted by Gasteiger charge is -2.07. The average Bonchev–Trinajstić information content (AvgIpc) is 2.55. The zero-order valence-electron chi connectivity index (χ0n) is 12.0. The van der Waals surface area contributed by atoms with Crippen molar-refractivity contribution in [3.8, 4) is 6.07 Å². The summed E-state index contributed by atoms with van der Waals surface area (Å²) in [5, 5.41) is 10.9. The molecular formula is C18H17NOS. The summed E-state index contributed by atoms with van der Waals surface area (Å²) in [7, 11) is 1.71. The predicted octanol–water partition coefficient (Wildman–Crippen LogP) is 4.48. The highest BCUT2D eigenvalue weighted by Gasteiger charge is 2.01. The van der Waals surface area contributed by atoms with E-state index in [-0.39, 0.29) is 0 Å². The van der Waals surface area contributed by atoms with E-state index < -0.39 is 0 Å². The van der Waals surface area contributed by atoms with Crippen LogP contribution in [0.15, 0.2) is 60.0 Å². The van der Waals surface area contributed by atoms with Gasteiger partial charge in [0.05, 0.1) is 18.2 Å². The van der Waals surface area contributed by atoms with Gasteiger partial charge in [-0.15, -0.1) is 11.8 Å². The molecule has 2 rings (SSSR count). The van der Waals surface area contributed by atoms with Crippen LogP contribution in [0.2, 0.25) is 0 Å². The molecule has 0 aliphatic rings. The van der Waals surface area contributed by atoms with E-state index in [1.54, 1.807) is 18.9 Å². The minimum absolute atomic E-state index is 0.602. The number of thioether (sulfide) groups is 1. The number of benzene rings is 2. The Kier molecular flexibility index (Phi) is 6.08. The number of rotatable bonds is 6. The van der Waals surface area contributed by atoms with Crippen molar-refractivity contribution in [2.45, 2.75) is 5.75 Å². The van der Waals surface area contributed by atoms with E-state index in [2.05, 4.69) is 23.6 Å². The van der Waals surface area contributed by atoms with Crippen molar-refractivity contribution < 1.29 is 4.74 Å². The summed E-state index contributed by atoms with van der Waals surface area (Å²) in [6.07, 6.45) is 0. The highest BCUT2D eigenvalue weighted by molar-refractivity contribution is 8.01. The van der Waals surface area contributed by atoms with Gasteiger partial charge in [-0.3, -0.25) is 0 Å². The second kappa shape index (κ2) is 8.31. The van der Waals surface area contributed by atoms with Crippen LogP contribution in [0.5, 0.6) is 0 Å². The minimum atomic E-state index is 0.602. The first kappa shape index (κ1) is 15.4. The van der Waals surface area contributed by atoms with E-state index in [0.717, 1.165) is 5.75 Å². The Labute approximate surface area is 130 Å². The lowest BCUT2D eigenvalue weighted by Crippen LogP contribution is -1.93. The molecular weight excluding hydrogens is 278 g/mol. The molecule has 2 nitrogen and oxygen atoms in total. The molecule has 0 aliphatic carbocycles. The SMILES string of the molecule is COC/C(=C\SCc1ccc(C#N)cc1)c1ccccc1. The van der Waals surface area contributed by atoms with E-state index in [9.17, 15) is 0 Å². The second-order valence-electron chi connectivity index (χ2n) is 4.56. The van der Waals surface area contributed by atoms with Crippen LogP contribution in [0.3, 0.4) is 0 Å². The summed E-state index contributed by atoms with van der Waals surface area (Å²) in [5.74, 6) is 0.881. The smallest absolute Gasteiger partial charge is 0.0991 e. The molecule has 0 aromatic heterocycles. The van der Waals surface area contributed by atoms with Gasteiger partial charge in [0, 0.05) is 12.9 Å². The summed E-state index contributed by atoms with van der Waals surface area (Å²) in [5.41, 5.74) is 4.27. The number of nitriles is 1. The zero-order valence-corrected chi connectivity index (χ0v) is 12.8. The monoisotopic (exact) mass is 295 g/mol. The quantitative estimate of drug-likeness (QED) is 0.787. The Morgan fingerprint density at radius 2 is 1.86 bits per heavy atom. The maximum atomic E-state index is 8.78. The fraction of sp³-hybridized carbons (Fsp3) is 0.167. The molecule has 2 aromatic rings. The molecule has 0 saturated carbocycles. The first-order valence-electron chi connectivity index (χ1n) is 6.67. The van der Waals surface area contributed by atoms with Crippen LogP contribution in [0.4, 0.5) is 0 Å². The molecule has 21 heavy (non-hydrogen) atoms. The molecule has 0 atom stereocenters. The topological polar surface area (TPSA) is 33.0 Å². The highest BCUT2D eigenvalue weighted by atomic mass is 32.2. The molecule has 0 fully saturated rings. The highest BCUT2D eigenvalue weighted by Crippen LogP contribution is 2.21. The van der Waals surface area contributed by atoms with Gasteiger partial charge in [-0.2, -0.15) is 5.26 Å². The lowest BCUT2D eigenvalue weighted by molar-refractivity contribution is 0.240. The van der Waals surface area contributed by atoms with Crippen molar-refractivity contribution in [2.24, 2.45) is 0 Å². The van der Waals surface area contributed by atoms with Crippen molar-refractivity contribution in [1.29, 1.82) is 5.26 Å². The first-order valence-corrected chi connectivity index (χ1v) is 7.72. The third-order valence-electron chi connectivity index (χ3n) is 3.00. The van der Waals surface area contributed by atoms with Gasteiger partial charge in [-0.1, -0.05) is 42.5 Å². The fourth-order valence-corrected chi connectivity index (χ4v) is 2.78. The molecule has 3 heteroatoms. The molecule has 0 amide bonds. The zero-order chi connectivity index (χ0) is 14.9. The summed E-state index contributed by atoms with van der Waals surface area (Å²) in [6.45, 7) is 0.602. The summed E-state index contributed by atoms with van der Waals surface area (Å²) in [6, 6.07) is 20.1. The normalized spacial score (nSPS) is 11.1. The molecule has 0 heterocycles. The Morgan fingerprint density at radius 1 is 1.14 bits per heavy atom. The minimum Gasteiger partial charge on any atom is -0.380 e. The Bertz CT molecular complexity index is 627. The molecule has 0 spiro atoms. The number of hydrogen-bond donors (Lipinski definition) is 0. The molecule has 0 unspecified atom stereocenters. The number of methoxy groups -OCH3 is 1. The largest absolute Gasteiger partial charge is 0.380 e. The predicted molar refractivity (Wildman–Crippen MR) is 88.7 cm³/mol. The fourth-order valence-electron chi connectivity index (χ4n) is 1.91. The van der Waals surface area contributed by atoms with Crippen molar-refractivity contribution in [1.82, 2.24) is 0 Å². The third kappa shape index (κ3) is 4.78. The van der Waals surface area contributed by atoms with Gasteiger partial charge >= 0.3 is 0 Å². The summed E-state index contributed by atoms with van der Waals surface area (Å²) < 4.78 is 5.27. The van der Waals surface area contributed by atoms with Gasteiger partial charge < -0.3 is 4.74 Å². The average molecular weight is 295 g/mol. The molecule has 2 aromatic carbocycles. The maximum Gasteiger partial charge on any atom is 0.0991 e. The van der Waals surface area contributed by atoms with E-state index in [4.69, 9.17) is 10.00 Å². The van der Waals surface area contributed by atoms with E-state index in [0.29, 0.717) is 12.2 Å². The summed E-state index contributed by atoms with van der Waals surface area (Å²) >= 11 is 1.74. The number of hydrogen-bond acceptors (Lipinski definition) is 3. The van der Waals surface area contributed by atoms with E-state index >= 15 is 0 Å². The third-order valence-corrected chi connectivity index (χ3v) is 3.95. The van der Waals surface area contributed by atoms with Gasteiger partial charge in [0.2, 0.25) is 0 Å². The Morgan fingerprint density at radius 3 is 2.48 bits per heavy atom. The van der Waals surface area contributed by atoms with Crippen LogP contribution >= 0.6 is 11.8 Å². The van der Waals surface area contributed by atoms with Crippen LogP contribution in [0.25, 0.3) is 5.57 Å². The van der Waals surface area contributed by atoms with E-state index in [1.165, 1.54) is 16.7 Å². The van der Waals surface area contributed by atoms with Gasteiger partial charge in [-0.25, -0.2) is 0 Å². The van der Waals surface area contributed by atoms with Crippen molar-refractivity contribution in [2.75, 3.05) is 13.7 Å². The van der Waals surface area contributed by atoms with Crippen molar-refractivity contribution >= 4 is 17.3 Å². The Hall–Kier alpha value is -2.02. The van der Waals surface area contributed by atoms with Crippen LogP contribution in [-0.4, -0.2) is 13.7 Å². The van der Waals surface area contributed by atoms with Gasteiger partial charge in [0.15, 0.2) is 0 Å². The molecule has 0 radical (unpaired) electrons.